The molecule has 38 heavy (non-hydrogen) atoms. The number of aryl methyl sites for hydroxylation is 1. The van der Waals surface area contributed by atoms with Gasteiger partial charge in [0.2, 0.25) is 0 Å². The first-order valence-corrected chi connectivity index (χ1v) is 13.1. The molecule has 3 aliphatic rings. The number of halogens is 3. The molecule has 1 saturated heterocycles. The third kappa shape index (κ3) is 5.75. The van der Waals surface area contributed by atoms with Crippen LogP contribution in [0.4, 0.5) is 13.2 Å². The standard InChI is InChI=1S/C29H31F3N2O4/c1-18(27(35)36)26(21-4-5-21)22-6-3-20-8-9-28(37-25(20)15-22)10-12-34(13-11-28)17-23-14-19(16-33)2-7-24(23)38-29(30,31)32/h2-3,6-7,14-15,18,21,26H,4-5,8-13,17H2,1H3,(H,35,36)/t18-,26-/m0/s1. The lowest BCUT2D eigenvalue weighted by molar-refractivity contribution is -0.275. The van der Waals surface area contributed by atoms with E-state index in [1.165, 1.54) is 18.2 Å². The summed E-state index contributed by atoms with van der Waals surface area (Å²) in [6.45, 7) is 3.30. The fourth-order valence-electron chi connectivity index (χ4n) is 6.01. The molecule has 1 spiro atoms. The van der Waals surface area contributed by atoms with Crippen LogP contribution in [0.2, 0.25) is 0 Å². The van der Waals surface area contributed by atoms with Gasteiger partial charge in [-0.25, -0.2) is 0 Å². The maximum Gasteiger partial charge on any atom is 0.573 e. The molecule has 2 fully saturated rings. The molecular formula is C29H31F3N2O4. The Morgan fingerprint density at radius 1 is 1.21 bits per heavy atom. The smallest absolute Gasteiger partial charge is 0.487 e. The molecule has 1 saturated carbocycles. The predicted molar refractivity (Wildman–Crippen MR) is 133 cm³/mol. The minimum Gasteiger partial charge on any atom is -0.487 e. The van der Waals surface area contributed by atoms with Gasteiger partial charge in [0, 0.05) is 25.2 Å². The van der Waals surface area contributed by atoms with Gasteiger partial charge in [0.15, 0.2) is 0 Å². The van der Waals surface area contributed by atoms with Crippen LogP contribution in [0.15, 0.2) is 36.4 Å². The van der Waals surface area contributed by atoms with Crippen molar-refractivity contribution in [3.63, 3.8) is 0 Å². The van der Waals surface area contributed by atoms with E-state index in [0.717, 1.165) is 55.4 Å². The molecule has 0 unspecified atom stereocenters. The van der Waals surface area contributed by atoms with E-state index in [1.807, 2.05) is 12.1 Å². The minimum atomic E-state index is -4.81. The van der Waals surface area contributed by atoms with E-state index < -0.39 is 18.2 Å². The number of carboxylic acids is 1. The van der Waals surface area contributed by atoms with Gasteiger partial charge in [-0.15, -0.1) is 13.2 Å². The molecule has 0 radical (unpaired) electrons. The fourth-order valence-corrected chi connectivity index (χ4v) is 6.01. The number of hydrogen-bond acceptors (Lipinski definition) is 5. The largest absolute Gasteiger partial charge is 0.573 e. The summed E-state index contributed by atoms with van der Waals surface area (Å²) in [5.41, 5.74) is 2.41. The molecule has 202 valence electrons. The summed E-state index contributed by atoms with van der Waals surface area (Å²) < 4.78 is 49.5. The number of ether oxygens (including phenoxy) is 2. The molecule has 1 N–H and O–H groups in total. The Morgan fingerprint density at radius 2 is 1.95 bits per heavy atom. The number of carbonyl (C=O) groups is 1. The summed E-state index contributed by atoms with van der Waals surface area (Å²) in [6, 6.07) is 12.1. The molecule has 0 bridgehead atoms. The van der Waals surface area contributed by atoms with Crippen molar-refractivity contribution in [2.45, 2.75) is 69.9 Å². The summed E-state index contributed by atoms with van der Waals surface area (Å²) in [5.74, 6) is -0.342. The van der Waals surface area contributed by atoms with E-state index in [4.69, 9.17) is 4.74 Å². The van der Waals surface area contributed by atoms with E-state index in [2.05, 4.69) is 21.8 Å². The number of hydrogen-bond donors (Lipinski definition) is 1. The molecule has 2 aromatic rings. The number of likely N-dealkylation sites (tertiary alicyclic amines) is 1. The highest BCUT2D eigenvalue weighted by molar-refractivity contribution is 5.71. The Labute approximate surface area is 220 Å². The van der Waals surface area contributed by atoms with Crippen molar-refractivity contribution in [3.8, 4) is 17.6 Å². The number of rotatable bonds is 7. The van der Waals surface area contributed by atoms with Gasteiger partial charge in [-0.1, -0.05) is 19.1 Å². The summed E-state index contributed by atoms with van der Waals surface area (Å²) >= 11 is 0. The van der Waals surface area contributed by atoms with Crippen LogP contribution < -0.4 is 9.47 Å². The Balaban J connectivity index is 1.28. The van der Waals surface area contributed by atoms with Crippen LogP contribution in [0.3, 0.4) is 0 Å². The number of nitriles is 1. The van der Waals surface area contributed by atoms with Crippen molar-refractivity contribution >= 4 is 5.97 Å². The second-order valence-corrected chi connectivity index (χ2v) is 10.9. The first-order valence-electron chi connectivity index (χ1n) is 13.1. The molecule has 5 rings (SSSR count). The predicted octanol–water partition coefficient (Wildman–Crippen LogP) is 6.03. The van der Waals surface area contributed by atoms with Crippen molar-refractivity contribution in [2.75, 3.05) is 13.1 Å². The molecule has 2 heterocycles. The van der Waals surface area contributed by atoms with Crippen LogP contribution in [-0.4, -0.2) is 41.0 Å². The van der Waals surface area contributed by atoms with Gasteiger partial charge in [-0.3, -0.25) is 9.69 Å². The van der Waals surface area contributed by atoms with Gasteiger partial charge in [0.25, 0.3) is 0 Å². The number of piperidine rings is 1. The van der Waals surface area contributed by atoms with Gasteiger partial charge < -0.3 is 14.6 Å². The van der Waals surface area contributed by atoms with Crippen molar-refractivity contribution in [3.05, 3.63) is 58.7 Å². The van der Waals surface area contributed by atoms with E-state index in [-0.39, 0.29) is 29.4 Å². The molecule has 6 nitrogen and oxygen atoms in total. The van der Waals surface area contributed by atoms with Crippen molar-refractivity contribution in [1.29, 1.82) is 5.26 Å². The van der Waals surface area contributed by atoms with Crippen LogP contribution in [0.1, 0.15) is 67.2 Å². The zero-order valence-electron chi connectivity index (χ0n) is 21.3. The normalized spacial score (nSPS) is 20.6. The second-order valence-electron chi connectivity index (χ2n) is 10.9. The van der Waals surface area contributed by atoms with E-state index in [1.54, 1.807) is 6.92 Å². The molecule has 2 aromatic carbocycles. The molecule has 2 atom stereocenters. The molecule has 0 aromatic heterocycles. The molecule has 9 heteroatoms. The second kappa shape index (κ2) is 10.1. The third-order valence-corrected chi connectivity index (χ3v) is 8.29. The molecule has 1 aliphatic carbocycles. The lowest BCUT2D eigenvalue weighted by Gasteiger charge is -2.45. The average Bonchev–Trinajstić information content (AvgIpc) is 3.71. The third-order valence-electron chi connectivity index (χ3n) is 8.29. The average molecular weight is 529 g/mol. The maximum atomic E-state index is 12.9. The van der Waals surface area contributed by atoms with Crippen LogP contribution in [-0.2, 0) is 17.8 Å². The Kier molecular flexibility index (Phi) is 7.03. The molecular weight excluding hydrogens is 497 g/mol. The molecule has 0 amide bonds. The summed E-state index contributed by atoms with van der Waals surface area (Å²) in [7, 11) is 0. The van der Waals surface area contributed by atoms with Crippen molar-refractivity contribution < 1.29 is 32.5 Å². The lowest BCUT2D eigenvalue weighted by Crippen LogP contribution is -2.49. The number of nitrogens with zero attached hydrogens (tertiary/aromatic N) is 2. The van der Waals surface area contributed by atoms with Crippen LogP contribution in [0.25, 0.3) is 0 Å². The number of carboxylic acid groups (broad SMARTS) is 1. The fraction of sp³-hybridized carbons (Fsp3) is 0.517. The van der Waals surface area contributed by atoms with Crippen LogP contribution in [0, 0.1) is 23.2 Å². The highest BCUT2D eigenvalue weighted by Crippen LogP contribution is 2.49. The first kappa shape index (κ1) is 26.4. The first-order chi connectivity index (χ1) is 18.1. The van der Waals surface area contributed by atoms with Crippen LogP contribution in [0.5, 0.6) is 11.5 Å². The van der Waals surface area contributed by atoms with Gasteiger partial charge in [0.05, 0.1) is 17.6 Å². The summed E-state index contributed by atoms with van der Waals surface area (Å²) in [5, 5.41) is 18.9. The van der Waals surface area contributed by atoms with E-state index in [9.17, 15) is 28.3 Å². The summed E-state index contributed by atoms with van der Waals surface area (Å²) in [4.78, 5) is 13.8. The maximum absolute atomic E-state index is 12.9. The topological polar surface area (TPSA) is 82.8 Å². The summed E-state index contributed by atoms with van der Waals surface area (Å²) in [6.07, 6.45) is 0.463. The van der Waals surface area contributed by atoms with Crippen molar-refractivity contribution in [1.82, 2.24) is 4.90 Å². The Hall–Kier alpha value is -3.25. The van der Waals surface area contributed by atoms with E-state index >= 15 is 0 Å². The zero-order chi connectivity index (χ0) is 27.1. The SMILES string of the molecule is C[C@H](C(=O)O)[C@H](c1ccc2c(c1)OC1(CC2)CCN(Cc2cc(C#N)ccc2OC(F)(F)F)CC1)C1CC1. The van der Waals surface area contributed by atoms with Crippen molar-refractivity contribution in [2.24, 2.45) is 11.8 Å². The highest BCUT2D eigenvalue weighted by Gasteiger charge is 2.42. The number of aliphatic carboxylic acids is 1. The van der Waals surface area contributed by atoms with Gasteiger partial charge in [-0.05, 0) is 85.8 Å². The number of fused-ring (bicyclic) bond motifs is 1. The zero-order valence-corrected chi connectivity index (χ0v) is 21.3. The van der Waals surface area contributed by atoms with Gasteiger partial charge in [0.1, 0.15) is 17.1 Å². The minimum absolute atomic E-state index is 0.0292. The van der Waals surface area contributed by atoms with Gasteiger partial charge >= 0.3 is 12.3 Å². The Morgan fingerprint density at radius 3 is 2.58 bits per heavy atom. The van der Waals surface area contributed by atoms with Crippen LogP contribution >= 0.6 is 0 Å². The lowest BCUT2D eigenvalue weighted by atomic mass is 9.80. The molecule has 2 aliphatic heterocycles. The highest BCUT2D eigenvalue weighted by atomic mass is 19.4. The monoisotopic (exact) mass is 528 g/mol. The number of benzene rings is 2. The number of alkyl halides is 3. The van der Waals surface area contributed by atoms with Gasteiger partial charge in [-0.2, -0.15) is 5.26 Å². The van der Waals surface area contributed by atoms with E-state index in [0.29, 0.717) is 24.6 Å². The quantitative estimate of drug-likeness (QED) is 0.473. The Bertz CT molecular complexity index is 1240.